The molecule has 0 unspecified atom stereocenters. The summed E-state index contributed by atoms with van der Waals surface area (Å²) in [6, 6.07) is -1.56. The molecule has 0 aromatic carbocycles. The molecule has 2 rings (SSSR count). The number of hydrogen-bond acceptors (Lipinski definition) is 7. The van der Waals surface area contributed by atoms with Crippen LogP contribution in [0.15, 0.2) is 0 Å². The van der Waals surface area contributed by atoms with Gasteiger partial charge in [0.1, 0.15) is 30.9 Å². The summed E-state index contributed by atoms with van der Waals surface area (Å²) in [5.74, 6) is -2.62. The van der Waals surface area contributed by atoms with Gasteiger partial charge in [0.15, 0.2) is 0 Å². The standard InChI is InChI=1S/C18H29N3O8/c1-8(18(27)21(4)7-13(23)24)19-17(26)9(2)28-16-14(20-10(3)22)11-5-6-12(29-11)15(16)25/h8-9,11-12,14-16,25H,5-7H2,1-4H3,(H,19,26)(H,20,22)(H,23,24)/t8-,9+,11-,12+,14-,15+,16+/m0/s1. The van der Waals surface area contributed by atoms with Crippen LogP contribution in [0.2, 0.25) is 0 Å². The van der Waals surface area contributed by atoms with Crippen LogP contribution in [0.3, 0.4) is 0 Å². The molecule has 0 spiro atoms. The van der Waals surface area contributed by atoms with Crippen LogP contribution in [0.4, 0.5) is 0 Å². The van der Waals surface area contributed by atoms with E-state index in [1.165, 1.54) is 27.8 Å². The zero-order valence-electron chi connectivity index (χ0n) is 17.0. The molecule has 7 atom stereocenters. The van der Waals surface area contributed by atoms with Crippen LogP contribution in [0.5, 0.6) is 0 Å². The monoisotopic (exact) mass is 415 g/mol. The van der Waals surface area contributed by atoms with Crippen molar-refractivity contribution in [3.63, 3.8) is 0 Å². The number of amides is 3. The Bertz CT molecular complexity index is 657. The van der Waals surface area contributed by atoms with E-state index < -0.39 is 60.8 Å². The fourth-order valence-corrected chi connectivity index (χ4v) is 3.72. The Kier molecular flexibility index (Phi) is 7.55. The SMILES string of the molecule is CC(=O)N[C@@H]1[C@@H](O[C@H](C)C(=O)N[C@@H](C)C(=O)N(C)CC(=O)O)[C@H](O)[C@H]2CC[C@@H]1O2. The minimum atomic E-state index is -1.16. The molecule has 4 N–H and O–H groups in total. The van der Waals surface area contributed by atoms with Crippen LogP contribution in [-0.2, 0) is 28.7 Å². The van der Waals surface area contributed by atoms with Crippen molar-refractivity contribution in [3.8, 4) is 0 Å². The number of nitrogens with one attached hydrogen (secondary N) is 2. The van der Waals surface area contributed by atoms with E-state index in [9.17, 15) is 24.3 Å². The molecule has 29 heavy (non-hydrogen) atoms. The van der Waals surface area contributed by atoms with Gasteiger partial charge in [0.05, 0.1) is 18.2 Å². The lowest BCUT2D eigenvalue weighted by atomic mass is 9.97. The van der Waals surface area contributed by atoms with E-state index in [1.54, 1.807) is 0 Å². The van der Waals surface area contributed by atoms with Gasteiger partial charge in [0, 0.05) is 14.0 Å². The minimum absolute atomic E-state index is 0.303. The lowest BCUT2D eigenvalue weighted by molar-refractivity contribution is -0.189. The Morgan fingerprint density at radius 1 is 1.21 bits per heavy atom. The quantitative estimate of drug-likeness (QED) is 0.363. The number of aliphatic hydroxyl groups is 1. The van der Waals surface area contributed by atoms with Crippen molar-refractivity contribution in [1.82, 2.24) is 15.5 Å². The zero-order chi connectivity index (χ0) is 21.9. The summed E-state index contributed by atoms with van der Waals surface area (Å²) in [5, 5.41) is 24.5. The predicted molar refractivity (Wildman–Crippen MR) is 98.7 cm³/mol. The lowest BCUT2D eigenvalue weighted by Crippen LogP contribution is -2.62. The third-order valence-corrected chi connectivity index (χ3v) is 5.14. The average Bonchev–Trinajstić information content (AvgIpc) is 3.07. The Morgan fingerprint density at radius 3 is 2.41 bits per heavy atom. The number of hydrogen-bond donors (Lipinski definition) is 4. The first-order chi connectivity index (χ1) is 13.5. The smallest absolute Gasteiger partial charge is 0.323 e. The molecule has 2 bridgehead atoms. The molecule has 0 aliphatic carbocycles. The molecular weight excluding hydrogens is 386 g/mol. The summed E-state index contributed by atoms with van der Waals surface area (Å²) in [6.07, 6.45) is -2.32. The summed E-state index contributed by atoms with van der Waals surface area (Å²) in [5.41, 5.74) is 0. The summed E-state index contributed by atoms with van der Waals surface area (Å²) >= 11 is 0. The van der Waals surface area contributed by atoms with Crippen LogP contribution in [-0.4, -0.2) is 95.0 Å². The lowest BCUT2D eigenvalue weighted by Gasteiger charge is -2.41. The van der Waals surface area contributed by atoms with E-state index in [4.69, 9.17) is 14.6 Å². The second-order valence-corrected chi connectivity index (χ2v) is 7.57. The first-order valence-corrected chi connectivity index (χ1v) is 9.54. The maximum Gasteiger partial charge on any atom is 0.323 e. The predicted octanol–water partition coefficient (Wildman–Crippen LogP) is -1.77. The van der Waals surface area contributed by atoms with E-state index >= 15 is 0 Å². The number of carboxylic acids is 1. The van der Waals surface area contributed by atoms with E-state index in [0.29, 0.717) is 12.8 Å². The fourth-order valence-electron chi connectivity index (χ4n) is 3.72. The molecule has 0 radical (unpaired) electrons. The Balaban J connectivity index is 1.98. The molecular formula is C18H29N3O8. The van der Waals surface area contributed by atoms with E-state index in [2.05, 4.69) is 10.6 Å². The highest BCUT2D eigenvalue weighted by atomic mass is 16.6. The maximum absolute atomic E-state index is 12.5. The average molecular weight is 415 g/mol. The number of rotatable bonds is 8. The third-order valence-electron chi connectivity index (χ3n) is 5.14. The number of aliphatic carboxylic acids is 1. The number of carboxylic acid groups (broad SMARTS) is 1. The zero-order valence-corrected chi connectivity index (χ0v) is 17.0. The molecule has 164 valence electrons. The highest BCUT2D eigenvalue weighted by Crippen LogP contribution is 2.35. The Labute approximate surface area is 168 Å². The van der Waals surface area contributed by atoms with Crippen molar-refractivity contribution < 1.29 is 38.9 Å². The molecule has 2 heterocycles. The number of ether oxygens (including phenoxy) is 2. The van der Waals surface area contributed by atoms with E-state index in [1.807, 2.05) is 0 Å². The van der Waals surface area contributed by atoms with Gasteiger partial charge in [0.25, 0.3) is 0 Å². The summed E-state index contributed by atoms with van der Waals surface area (Å²) in [4.78, 5) is 47.9. The first kappa shape index (κ1) is 23.0. The topological polar surface area (TPSA) is 154 Å². The Hall–Kier alpha value is -2.24. The van der Waals surface area contributed by atoms with Crippen molar-refractivity contribution in [2.45, 2.75) is 76.2 Å². The van der Waals surface area contributed by atoms with Gasteiger partial charge in [-0.05, 0) is 26.7 Å². The second kappa shape index (κ2) is 9.51. The molecule has 2 aliphatic heterocycles. The molecule has 2 saturated heterocycles. The number of carbonyl (C=O) groups excluding carboxylic acids is 3. The van der Waals surface area contributed by atoms with Gasteiger partial charge in [-0.2, -0.15) is 0 Å². The first-order valence-electron chi connectivity index (χ1n) is 9.54. The molecule has 0 aromatic heterocycles. The number of nitrogens with zero attached hydrogens (tertiary/aromatic N) is 1. The highest BCUT2D eigenvalue weighted by molar-refractivity contribution is 5.90. The molecule has 3 amide bonds. The number of likely N-dealkylation sites (N-methyl/N-ethyl adjacent to an activating group) is 1. The number of fused-ring (bicyclic) bond motifs is 2. The Morgan fingerprint density at radius 2 is 1.83 bits per heavy atom. The molecule has 0 aromatic rings. The normalized spacial score (nSPS) is 30.2. The molecule has 11 heteroatoms. The van der Waals surface area contributed by atoms with Crippen molar-refractivity contribution in [2.24, 2.45) is 0 Å². The van der Waals surface area contributed by atoms with Crippen LogP contribution in [0.1, 0.15) is 33.6 Å². The third kappa shape index (κ3) is 5.64. The van der Waals surface area contributed by atoms with Gasteiger partial charge in [-0.15, -0.1) is 0 Å². The summed E-state index contributed by atoms with van der Waals surface area (Å²) < 4.78 is 11.5. The summed E-state index contributed by atoms with van der Waals surface area (Å²) in [7, 11) is 1.32. The molecule has 2 fully saturated rings. The number of carbonyl (C=O) groups is 4. The molecule has 0 saturated carbocycles. The van der Waals surface area contributed by atoms with Gasteiger partial charge >= 0.3 is 5.97 Å². The minimum Gasteiger partial charge on any atom is -0.480 e. The second-order valence-electron chi connectivity index (χ2n) is 7.57. The van der Waals surface area contributed by atoms with E-state index in [-0.39, 0.29) is 12.0 Å². The number of aliphatic hydroxyl groups excluding tert-OH is 1. The molecule has 11 nitrogen and oxygen atoms in total. The van der Waals surface area contributed by atoms with Gasteiger partial charge in [-0.1, -0.05) is 0 Å². The largest absolute Gasteiger partial charge is 0.480 e. The highest BCUT2D eigenvalue weighted by Gasteiger charge is 2.50. The van der Waals surface area contributed by atoms with Gasteiger partial charge in [-0.25, -0.2) is 0 Å². The summed E-state index contributed by atoms with van der Waals surface area (Å²) in [6.45, 7) is 3.78. The van der Waals surface area contributed by atoms with Crippen LogP contribution >= 0.6 is 0 Å². The van der Waals surface area contributed by atoms with Gasteiger partial charge < -0.3 is 35.2 Å². The van der Waals surface area contributed by atoms with E-state index in [0.717, 1.165) is 4.90 Å². The van der Waals surface area contributed by atoms with Crippen LogP contribution in [0.25, 0.3) is 0 Å². The van der Waals surface area contributed by atoms with Crippen molar-refractivity contribution in [2.75, 3.05) is 13.6 Å². The van der Waals surface area contributed by atoms with Crippen LogP contribution < -0.4 is 10.6 Å². The van der Waals surface area contributed by atoms with Crippen molar-refractivity contribution >= 4 is 23.7 Å². The van der Waals surface area contributed by atoms with Crippen molar-refractivity contribution in [3.05, 3.63) is 0 Å². The van der Waals surface area contributed by atoms with Gasteiger partial charge in [0.2, 0.25) is 17.7 Å². The van der Waals surface area contributed by atoms with Gasteiger partial charge in [-0.3, -0.25) is 19.2 Å². The fraction of sp³-hybridized carbons (Fsp3) is 0.778. The van der Waals surface area contributed by atoms with Crippen molar-refractivity contribution in [1.29, 1.82) is 0 Å². The van der Waals surface area contributed by atoms with Crippen LogP contribution in [0, 0.1) is 0 Å². The maximum atomic E-state index is 12.5. The molecule has 2 aliphatic rings.